The molecule has 31 heavy (non-hydrogen) atoms. The monoisotopic (exact) mass is 445 g/mol. The number of aryl methyl sites for hydroxylation is 1. The topological polar surface area (TPSA) is 79.0 Å². The highest BCUT2D eigenvalue weighted by molar-refractivity contribution is 7.90. The third-order valence-corrected chi connectivity index (χ3v) is 7.73. The summed E-state index contributed by atoms with van der Waals surface area (Å²) in [6, 6.07) is 14.9. The van der Waals surface area contributed by atoms with Gasteiger partial charge in [-0.1, -0.05) is 24.3 Å². The first-order chi connectivity index (χ1) is 14.9. The second kappa shape index (κ2) is 10.2. The molecule has 168 valence electrons. The van der Waals surface area contributed by atoms with Crippen LogP contribution in [0.25, 0.3) is 0 Å². The van der Waals surface area contributed by atoms with Crippen molar-refractivity contribution in [3.63, 3.8) is 0 Å². The van der Waals surface area contributed by atoms with Gasteiger partial charge in [0.15, 0.2) is 0 Å². The summed E-state index contributed by atoms with van der Waals surface area (Å²) >= 11 is 0. The molecule has 1 fully saturated rings. The fourth-order valence-electron chi connectivity index (χ4n) is 3.87. The Morgan fingerprint density at radius 2 is 1.90 bits per heavy atom. The molecule has 1 amide bonds. The molecule has 2 aromatic carbocycles. The van der Waals surface area contributed by atoms with Gasteiger partial charge in [-0.3, -0.25) is 9.10 Å². The van der Waals surface area contributed by atoms with Crippen molar-refractivity contribution in [2.24, 2.45) is 5.92 Å². The Labute approximate surface area is 185 Å². The van der Waals surface area contributed by atoms with Crippen molar-refractivity contribution in [2.45, 2.75) is 33.2 Å². The highest BCUT2D eigenvalue weighted by Gasteiger charge is 2.35. The van der Waals surface area contributed by atoms with E-state index < -0.39 is 10.2 Å². The zero-order valence-corrected chi connectivity index (χ0v) is 19.2. The van der Waals surface area contributed by atoms with Crippen LogP contribution in [0.1, 0.15) is 30.9 Å². The first-order valence-corrected chi connectivity index (χ1v) is 12.0. The van der Waals surface area contributed by atoms with Gasteiger partial charge in [-0.15, -0.1) is 0 Å². The molecule has 8 heteroatoms. The van der Waals surface area contributed by atoms with Gasteiger partial charge in [0, 0.05) is 26.2 Å². The normalized spacial score (nSPS) is 17.2. The number of ether oxygens (including phenoxy) is 1. The Bertz CT molecular complexity index is 992. The molecular weight excluding hydrogens is 414 g/mol. The Hall–Kier alpha value is -2.58. The van der Waals surface area contributed by atoms with Crippen LogP contribution in [0, 0.1) is 12.8 Å². The summed E-state index contributed by atoms with van der Waals surface area (Å²) in [4.78, 5) is 12.8. The number of carbonyl (C=O) groups is 1. The molecule has 1 aliphatic rings. The van der Waals surface area contributed by atoms with Gasteiger partial charge in [0.05, 0.1) is 18.7 Å². The number of hydrogen-bond acceptors (Lipinski definition) is 4. The molecule has 1 N–H and O–H groups in total. The largest absolute Gasteiger partial charge is 0.497 e. The smallest absolute Gasteiger partial charge is 0.304 e. The molecule has 0 saturated carbocycles. The van der Waals surface area contributed by atoms with E-state index in [4.69, 9.17) is 4.74 Å². The van der Waals surface area contributed by atoms with Crippen LogP contribution in [-0.4, -0.2) is 45.4 Å². The summed E-state index contributed by atoms with van der Waals surface area (Å²) in [6.45, 7) is 5.16. The lowest BCUT2D eigenvalue weighted by Gasteiger charge is -2.35. The molecule has 0 spiro atoms. The van der Waals surface area contributed by atoms with Gasteiger partial charge in [-0.2, -0.15) is 12.7 Å². The van der Waals surface area contributed by atoms with E-state index in [1.54, 1.807) is 38.3 Å². The van der Waals surface area contributed by atoms with Crippen LogP contribution in [0.3, 0.4) is 0 Å². The molecule has 2 aromatic rings. The maximum Gasteiger partial charge on any atom is 0.304 e. The second-order valence-corrected chi connectivity index (χ2v) is 9.56. The first kappa shape index (κ1) is 23.1. The molecule has 1 heterocycles. The van der Waals surface area contributed by atoms with E-state index in [2.05, 4.69) is 5.32 Å². The average Bonchev–Trinajstić information content (AvgIpc) is 2.79. The minimum Gasteiger partial charge on any atom is -0.497 e. The minimum absolute atomic E-state index is 0.101. The Kier molecular flexibility index (Phi) is 7.56. The van der Waals surface area contributed by atoms with E-state index in [-0.39, 0.29) is 18.4 Å². The molecule has 0 aromatic heterocycles. The lowest BCUT2D eigenvalue weighted by atomic mass is 9.98. The summed E-state index contributed by atoms with van der Waals surface area (Å²) in [7, 11) is -2.17. The number of carbonyl (C=O) groups excluding carboxylic acids is 1. The molecule has 0 bridgehead atoms. The molecule has 0 aliphatic carbocycles. The van der Waals surface area contributed by atoms with Gasteiger partial charge in [0.25, 0.3) is 0 Å². The average molecular weight is 446 g/mol. The number of nitrogens with zero attached hydrogens (tertiary/aromatic N) is 2. The van der Waals surface area contributed by atoms with Crippen molar-refractivity contribution in [3.05, 3.63) is 59.7 Å². The van der Waals surface area contributed by atoms with Crippen LogP contribution in [0.2, 0.25) is 0 Å². The number of nitrogens with one attached hydrogen (secondary N) is 1. The summed E-state index contributed by atoms with van der Waals surface area (Å²) in [5.74, 6) is 0.207. The third kappa shape index (κ3) is 5.37. The van der Waals surface area contributed by atoms with Crippen molar-refractivity contribution >= 4 is 21.8 Å². The molecule has 0 radical (unpaired) electrons. The molecule has 3 rings (SSSR count). The summed E-state index contributed by atoms with van der Waals surface area (Å²) < 4.78 is 34.7. The van der Waals surface area contributed by atoms with Gasteiger partial charge >= 0.3 is 10.2 Å². The van der Waals surface area contributed by atoms with Crippen LogP contribution in [0.4, 0.5) is 5.69 Å². The highest BCUT2D eigenvalue weighted by Crippen LogP contribution is 2.27. The van der Waals surface area contributed by atoms with E-state index in [1.165, 1.54) is 8.61 Å². The van der Waals surface area contributed by atoms with Crippen molar-refractivity contribution in [1.29, 1.82) is 0 Å². The van der Waals surface area contributed by atoms with Crippen molar-refractivity contribution in [1.82, 2.24) is 9.62 Å². The Balaban J connectivity index is 1.68. The zero-order valence-electron chi connectivity index (χ0n) is 18.4. The van der Waals surface area contributed by atoms with Gasteiger partial charge in [-0.05, 0) is 62.1 Å². The van der Waals surface area contributed by atoms with Crippen LogP contribution >= 0.6 is 0 Å². The summed E-state index contributed by atoms with van der Waals surface area (Å²) in [6.07, 6.45) is 1.34. The number of benzene rings is 2. The number of amides is 1. The SMILES string of the molecule is CCN(c1ccc(OC)cc1)S(=O)(=O)N1CCCC(C(=O)NCc2ccccc2C)C1. The number of methoxy groups -OCH3 is 1. The number of anilines is 1. The molecule has 1 saturated heterocycles. The number of rotatable bonds is 8. The van der Waals surface area contributed by atoms with Crippen molar-refractivity contribution < 1.29 is 17.9 Å². The van der Waals surface area contributed by atoms with Gasteiger partial charge in [0.2, 0.25) is 5.91 Å². The maximum absolute atomic E-state index is 13.4. The number of piperidine rings is 1. The number of hydrogen-bond donors (Lipinski definition) is 1. The van der Waals surface area contributed by atoms with E-state index in [1.807, 2.05) is 31.2 Å². The van der Waals surface area contributed by atoms with E-state index >= 15 is 0 Å². The molecule has 1 atom stereocenters. The van der Waals surface area contributed by atoms with E-state index in [0.29, 0.717) is 43.9 Å². The van der Waals surface area contributed by atoms with E-state index in [9.17, 15) is 13.2 Å². The zero-order chi connectivity index (χ0) is 22.4. The van der Waals surface area contributed by atoms with Gasteiger partial charge in [-0.25, -0.2) is 0 Å². The fraction of sp³-hybridized carbons (Fsp3) is 0.435. The van der Waals surface area contributed by atoms with Gasteiger partial charge in [0.1, 0.15) is 5.75 Å². The summed E-state index contributed by atoms with van der Waals surface area (Å²) in [5, 5.41) is 2.98. The first-order valence-electron chi connectivity index (χ1n) is 10.6. The fourth-order valence-corrected chi connectivity index (χ4v) is 5.59. The molecule has 1 aliphatic heterocycles. The second-order valence-electron chi connectivity index (χ2n) is 7.71. The molecule has 1 unspecified atom stereocenters. The van der Waals surface area contributed by atoms with Crippen molar-refractivity contribution in [2.75, 3.05) is 31.0 Å². The Morgan fingerprint density at radius 3 is 2.55 bits per heavy atom. The predicted octanol–water partition coefficient (Wildman–Crippen LogP) is 3.10. The standard InChI is InChI=1S/C23H31N3O4S/c1-4-26(21-11-13-22(30-3)14-12-21)31(28,29)25-15-7-10-20(17-25)23(27)24-16-19-9-6-5-8-18(19)2/h5-6,8-9,11-14,20H,4,7,10,15-17H2,1-3H3,(H,24,27). The third-order valence-electron chi connectivity index (χ3n) is 5.72. The molecular formula is C23H31N3O4S. The van der Waals surface area contributed by atoms with Crippen LogP contribution in [0.15, 0.2) is 48.5 Å². The van der Waals surface area contributed by atoms with Crippen LogP contribution in [0.5, 0.6) is 5.75 Å². The minimum atomic E-state index is -3.74. The van der Waals surface area contributed by atoms with Crippen LogP contribution < -0.4 is 14.4 Å². The van der Waals surface area contributed by atoms with Crippen molar-refractivity contribution in [3.8, 4) is 5.75 Å². The van der Waals surface area contributed by atoms with Crippen LogP contribution in [-0.2, 0) is 21.5 Å². The van der Waals surface area contributed by atoms with E-state index in [0.717, 1.165) is 11.1 Å². The quantitative estimate of drug-likeness (QED) is 0.677. The summed E-state index contributed by atoms with van der Waals surface area (Å²) in [5.41, 5.74) is 2.76. The lowest BCUT2D eigenvalue weighted by molar-refractivity contribution is -0.126. The van der Waals surface area contributed by atoms with Gasteiger partial charge < -0.3 is 10.1 Å². The predicted molar refractivity (Wildman–Crippen MR) is 122 cm³/mol. The maximum atomic E-state index is 13.4. The lowest BCUT2D eigenvalue weighted by Crippen LogP contribution is -2.50. The highest BCUT2D eigenvalue weighted by atomic mass is 32.2. The Morgan fingerprint density at radius 1 is 1.19 bits per heavy atom. The molecule has 7 nitrogen and oxygen atoms in total.